The van der Waals surface area contributed by atoms with Crippen molar-refractivity contribution >= 4 is 29.0 Å². The zero-order chi connectivity index (χ0) is 20.1. The molecule has 1 atom stereocenters. The number of aromatic nitrogens is 2. The maximum absolute atomic E-state index is 12.2. The predicted molar refractivity (Wildman–Crippen MR) is 116 cm³/mol. The van der Waals surface area contributed by atoms with Crippen LogP contribution in [0.15, 0.2) is 53.5 Å². The van der Waals surface area contributed by atoms with Crippen LogP contribution in [-0.2, 0) is 10.5 Å². The lowest BCUT2D eigenvalue weighted by atomic mass is 9.99. The third kappa shape index (κ3) is 5.01. The predicted octanol–water partition coefficient (Wildman–Crippen LogP) is 4.39. The molecule has 5 nitrogen and oxygen atoms in total. The van der Waals surface area contributed by atoms with E-state index in [2.05, 4.69) is 36.3 Å². The SMILES string of the molecule is CC[C@H](C)c1ccc(NC(=O)CSCc2cc(=O)n3cc(C)ccc3n2)cc1. The van der Waals surface area contributed by atoms with Crippen LogP contribution in [0.3, 0.4) is 0 Å². The van der Waals surface area contributed by atoms with Crippen molar-refractivity contribution in [3.63, 3.8) is 0 Å². The van der Waals surface area contributed by atoms with Crippen molar-refractivity contribution in [2.45, 2.75) is 38.9 Å². The second kappa shape index (κ2) is 9.06. The van der Waals surface area contributed by atoms with Crippen LogP contribution < -0.4 is 10.9 Å². The third-order valence-corrected chi connectivity index (χ3v) is 5.69. The first kappa shape index (κ1) is 20.1. The number of anilines is 1. The fraction of sp³-hybridized carbons (Fsp3) is 0.318. The molecule has 0 bridgehead atoms. The number of nitrogens with zero attached hydrogens (tertiary/aromatic N) is 2. The van der Waals surface area contributed by atoms with Crippen LogP contribution in [0.2, 0.25) is 0 Å². The van der Waals surface area contributed by atoms with Gasteiger partial charge in [-0.1, -0.05) is 32.0 Å². The molecular weight excluding hydrogens is 370 g/mol. The summed E-state index contributed by atoms with van der Waals surface area (Å²) >= 11 is 1.44. The molecule has 0 saturated heterocycles. The van der Waals surface area contributed by atoms with Crippen molar-refractivity contribution in [2.24, 2.45) is 0 Å². The van der Waals surface area contributed by atoms with Crippen molar-refractivity contribution < 1.29 is 4.79 Å². The van der Waals surface area contributed by atoms with Gasteiger partial charge in [0, 0.05) is 23.7 Å². The number of pyridine rings is 1. The Morgan fingerprint density at radius 3 is 2.68 bits per heavy atom. The van der Waals surface area contributed by atoms with E-state index >= 15 is 0 Å². The Bertz CT molecular complexity index is 1030. The van der Waals surface area contributed by atoms with Crippen LogP contribution in [0.4, 0.5) is 5.69 Å². The fourth-order valence-corrected chi connectivity index (χ4v) is 3.62. The number of benzene rings is 1. The van der Waals surface area contributed by atoms with E-state index in [0.717, 1.165) is 17.7 Å². The maximum atomic E-state index is 12.2. The van der Waals surface area contributed by atoms with E-state index in [4.69, 9.17) is 0 Å². The number of aryl methyl sites for hydroxylation is 1. The van der Waals surface area contributed by atoms with Gasteiger partial charge in [-0.15, -0.1) is 11.8 Å². The van der Waals surface area contributed by atoms with Crippen molar-refractivity contribution in [2.75, 3.05) is 11.1 Å². The molecule has 0 spiro atoms. The van der Waals surface area contributed by atoms with E-state index in [9.17, 15) is 9.59 Å². The minimum atomic E-state index is -0.102. The van der Waals surface area contributed by atoms with Crippen LogP contribution in [0.1, 0.15) is 43.0 Å². The summed E-state index contributed by atoms with van der Waals surface area (Å²) in [6, 6.07) is 13.3. The molecule has 3 aromatic rings. The van der Waals surface area contributed by atoms with Gasteiger partial charge in [0.25, 0.3) is 5.56 Å². The molecular formula is C22H25N3O2S. The lowest BCUT2D eigenvalue weighted by Crippen LogP contribution is -2.16. The van der Waals surface area contributed by atoms with Gasteiger partial charge in [-0.2, -0.15) is 0 Å². The highest BCUT2D eigenvalue weighted by atomic mass is 32.2. The van der Waals surface area contributed by atoms with Gasteiger partial charge in [-0.25, -0.2) is 4.98 Å². The Balaban J connectivity index is 1.55. The summed E-state index contributed by atoms with van der Waals surface area (Å²) in [6.45, 7) is 6.29. The summed E-state index contributed by atoms with van der Waals surface area (Å²) in [6.07, 6.45) is 2.87. The van der Waals surface area contributed by atoms with Crippen molar-refractivity contribution in [1.82, 2.24) is 9.38 Å². The Morgan fingerprint density at radius 1 is 1.21 bits per heavy atom. The quantitative estimate of drug-likeness (QED) is 0.644. The molecule has 0 unspecified atom stereocenters. The topological polar surface area (TPSA) is 63.5 Å². The van der Waals surface area contributed by atoms with Gasteiger partial charge in [0.15, 0.2) is 0 Å². The maximum Gasteiger partial charge on any atom is 0.258 e. The molecule has 0 saturated carbocycles. The molecule has 0 fully saturated rings. The van der Waals surface area contributed by atoms with E-state index in [-0.39, 0.29) is 11.5 Å². The smallest absolute Gasteiger partial charge is 0.258 e. The molecule has 2 heterocycles. The molecule has 0 aliphatic heterocycles. The lowest BCUT2D eigenvalue weighted by molar-refractivity contribution is -0.113. The Labute approximate surface area is 169 Å². The average Bonchev–Trinajstić information content (AvgIpc) is 2.68. The summed E-state index contributed by atoms with van der Waals surface area (Å²) < 4.78 is 1.54. The second-order valence-corrected chi connectivity index (χ2v) is 7.98. The fourth-order valence-electron chi connectivity index (χ4n) is 2.91. The third-order valence-electron chi connectivity index (χ3n) is 4.72. The summed E-state index contributed by atoms with van der Waals surface area (Å²) in [5.41, 5.74) is 4.29. The minimum absolute atomic E-state index is 0.0607. The van der Waals surface area contributed by atoms with Gasteiger partial charge in [-0.05, 0) is 48.6 Å². The summed E-state index contributed by atoms with van der Waals surface area (Å²) in [5, 5.41) is 2.91. The molecule has 0 radical (unpaired) electrons. The summed E-state index contributed by atoms with van der Waals surface area (Å²) in [7, 11) is 0. The van der Waals surface area contributed by atoms with Gasteiger partial charge < -0.3 is 5.32 Å². The molecule has 2 aromatic heterocycles. The van der Waals surface area contributed by atoms with Crippen molar-refractivity contribution in [3.8, 4) is 0 Å². The second-order valence-electron chi connectivity index (χ2n) is 6.99. The largest absolute Gasteiger partial charge is 0.325 e. The Morgan fingerprint density at radius 2 is 1.96 bits per heavy atom. The number of rotatable bonds is 7. The van der Waals surface area contributed by atoms with Crippen LogP contribution in [0.5, 0.6) is 0 Å². The van der Waals surface area contributed by atoms with E-state index in [1.807, 2.05) is 31.2 Å². The van der Waals surface area contributed by atoms with Gasteiger partial charge in [-0.3, -0.25) is 14.0 Å². The zero-order valence-corrected chi connectivity index (χ0v) is 17.3. The van der Waals surface area contributed by atoms with Crippen LogP contribution in [0, 0.1) is 6.92 Å². The molecule has 3 rings (SSSR count). The Hall–Kier alpha value is -2.60. The van der Waals surface area contributed by atoms with E-state index < -0.39 is 0 Å². The molecule has 146 valence electrons. The Kier molecular flexibility index (Phi) is 6.52. The molecule has 0 aliphatic rings. The molecule has 0 aliphatic carbocycles. The van der Waals surface area contributed by atoms with E-state index in [1.54, 1.807) is 10.6 Å². The number of amides is 1. The van der Waals surface area contributed by atoms with E-state index in [0.29, 0.717) is 28.8 Å². The number of fused-ring (bicyclic) bond motifs is 1. The van der Waals surface area contributed by atoms with Crippen molar-refractivity contribution in [1.29, 1.82) is 0 Å². The van der Waals surface area contributed by atoms with Gasteiger partial charge in [0.05, 0.1) is 11.4 Å². The lowest BCUT2D eigenvalue weighted by Gasteiger charge is -2.10. The molecule has 1 aromatic carbocycles. The van der Waals surface area contributed by atoms with Gasteiger partial charge >= 0.3 is 0 Å². The molecule has 1 N–H and O–H groups in total. The minimum Gasteiger partial charge on any atom is -0.325 e. The number of thioether (sulfide) groups is 1. The van der Waals surface area contributed by atoms with Crippen LogP contribution >= 0.6 is 11.8 Å². The standard InChI is InChI=1S/C22H25N3O2S/c1-4-16(3)17-6-8-18(9-7-17)24-21(26)14-28-13-19-11-22(27)25-12-15(2)5-10-20(25)23-19/h5-12,16H,4,13-14H2,1-3H3,(H,24,26)/t16-/m0/s1. The number of carbonyl (C=O) groups excluding carboxylic acids is 1. The monoisotopic (exact) mass is 395 g/mol. The first-order valence-electron chi connectivity index (χ1n) is 9.42. The summed E-state index contributed by atoms with van der Waals surface area (Å²) in [5.74, 6) is 1.28. The highest BCUT2D eigenvalue weighted by molar-refractivity contribution is 7.99. The van der Waals surface area contributed by atoms with Gasteiger partial charge in [0.2, 0.25) is 5.91 Å². The van der Waals surface area contributed by atoms with Gasteiger partial charge in [0.1, 0.15) is 5.65 Å². The molecule has 1 amide bonds. The normalized spacial score (nSPS) is 12.1. The van der Waals surface area contributed by atoms with Crippen LogP contribution in [-0.4, -0.2) is 21.0 Å². The first-order chi connectivity index (χ1) is 13.5. The van der Waals surface area contributed by atoms with E-state index in [1.165, 1.54) is 23.4 Å². The number of hydrogen-bond donors (Lipinski definition) is 1. The molecule has 6 heteroatoms. The highest BCUT2D eigenvalue weighted by Gasteiger charge is 2.07. The molecule has 28 heavy (non-hydrogen) atoms. The first-order valence-corrected chi connectivity index (χ1v) is 10.6. The van der Waals surface area contributed by atoms with Crippen molar-refractivity contribution in [3.05, 3.63) is 75.8 Å². The highest BCUT2D eigenvalue weighted by Crippen LogP contribution is 2.20. The number of nitrogens with one attached hydrogen (secondary N) is 1. The average molecular weight is 396 g/mol. The number of carbonyl (C=O) groups is 1. The van der Waals surface area contributed by atoms with Crippen LogP contribution in [0.25, 0.3) is 5.65 Å². The zero-order valence-electron chi connectivity index (χ0n) is 16.4. The summed E-state index contributed by atoms with van der Waals surface area (Å²) in [4.78, 5) is 28.9. The number of hydrogen-bond acceptors (Lipinski definition) is 4.